The largest absolute Gasteiger partial charge is 0.484 e. The van der Waals surface area contributed by atoms with Gasteiger partial charge in [-0.05, 0) is 32.0 Å². The summed E-state index contributed by atoms with van der Waals surface area (Å²) in [6, 6.07) is 8.04. The second-order valence-electron chi connectivity index (χ2n) is 4.82. The van der Waals surface area contributed by atoms with Crippen molar-refractivity contribution in [3.63, 3.8) is 0 Å². The Bertz CT molecular complexity index is 453. The number of nitrogens with one attached hydrogen (secondary N) is 1. The highest BCUT2D eigenvalue weighted by atomic mass is 79.9. The van der Waals surface area contributed by atoms with E-state index in [-0.39, 0.29) is 18.6 Å². The first-order valence-corrected chi connectivity index (χ1v) is 7.28. The Morgan fingerprint density at radius 2 is 2.32 bits per heavy atom. The van der Waals surface area contributed by atoms with E-state index in [9.17, 15) is 4.79 Å². The van der Waals surface area contributed by atoms with Gasteiger partial charge < -0.3 is 15.0 Å². The number of amides is 1. The maximum absolute atomic E-state index is 12.2. The van der Waals surface area contributed by atoms with E-state index in [4.69, 9.17) is 4.74 Å². The summed E-state index contributed by atoms with van der Waals surface area (Å²) in [6.07, 6.45) is 0. The van der Waals surface area contributed by atoms with Crippen molar-refractivity contribution in [3.8, 4) is 5.75 Å². The lowest BCUT2D eigenvalue weighted by Gasteiger charge is -2.38. The van der Waals surface area contributed by atoms with Crippen molar-refractivity contribution in [1.29, 1.82) is 0 Å². The summed E-state index contributed by atoms with van der Waals surface area (Å²) in [6.45, 7) is 5.83. The number of nitrogens with zero attached hydrogens (tertiary/aromatic N) is 1. The smallest absolute Gasteiger partial charge is 0.260 e. The molecular formula is C14H19BrN2O2. The first-order valence-electron chi connectivity index (χ1n) is 6.49. The van der Waals surface area contributed by atoms with Gasteiger partial charge in [-0.25, -0.2) is 0 Å². The van der Waals surface area contributed by atoms with Crippen LogP contribution in [0.25, 0.3) is 0 Å². The van der Waals surface area contributed by atoms with Crippen LogP contribution in [0, 0.1) is 0 Å². The van der Waals surface area contributed by atoms with Crippen molar-refractivity contribution >= 4 is 21.8 Å². The number of carbonyl (C=O) groups excluding carboxylic acids is 1. The van der Waals surface area contributed by atoms with E-state index in [0.29, 0.717) is 11.8 Å². The van der Waals surface area contributed by atoms with Crippen LogP contribution in [-0.4, -0.2) is 42.6 Å². The molecule has 1 heterocycles. The second-order valence-corrected chi connectivity index (χ2v) is 5.73. The minimum absolute atomic E-state index is 0.0424. The Morgan fingerprint density at radius 3 is 3.05 bits per heavy atom. The summed E-state index contributed by atoms with van der Waals surface area (Å²) in [5, 5.41) is 3.36. The number of rotatable bonds is 3. The Labute approximate surface area is 122 Å². The Balaban J connectivity index is 1.90. The summed E-state index contributed by atoms with van der Waals surface area (Å²) in [4.78, 5) is 14.1. The molecule has 2 rings (SSSR count). The minimum atomic E-state index is 0.0424. The Hall–Kier alpha value is -1.07. The maximum atomic E-state index is 12.2. The van der Waals surface area contributed by atoms with Crippen molar-refractivity contribution in [2.24, 2.45) is 0 Å². The average Bonchev–Trinajstić information content (AvgIpc) is 2.39. The van der Waals surface area contributed by atoms with Gasteiger partial charge in [0.05, 0.1) is 0 Å². The van der Waals surface area contributed by atoms with Gasteiger partial charge in [0.1, 0.15) is 5.75 Å². The molecule has 104 valence electrons. The summed E-state index contributed by atoms with van der Waals surface area (Å²) >= 11 is 3.38. The molecule has 1 saturated heterocycles. The first kappa shape index (κ1) is 14.3. The fraction of sp³-hybridized carbons (Fsp3) is 0.500. The van der Waals surface area contributed by atoms with Crippen molar-refractivity contribution in [2.75, 3.05) is 19.7 Å². The molecule has 1 amide bonds. The molecule has 0 aliphatic carbocycles. The molecule has 1 fully saturated rings. The summed E-state index contributed by atoms with van der Waals surface area (Å²) in [5.41, 5.74) is 0. The summed E-state index contributed by atoms with van der Waals surface area (Å²) in [5.74, 6) is 0.749. The molecule has 1 N–H and O–H groups in total. The van der Waals surface area contributed by atoms with Gasteiger partial charge in [-0.15, -0.1) is 0 Å². The van der Waals surface area contributed by atoms with Crippen LogP contribution >= 0.6 is 15.9 Å². The quantitative estimate of drug-likeness (QED) is 0.924. The zero-order valence-corrected chi connectivity index (χ0v) is 12.8. The molecule has 0 saturated carbocycles. The standard InChI is InChI=1S/C14H19BrN2O2/c1-10-11(2)17(7-6-16-10)14(18)9-19-13-5-3-4-12(15)8-13/h3-5,8,10-11,16H,6-7,9H2,1-2H3. The van der Waals surface area contributed by atoms with E-state index in [1.807, 2.05) is 29.2 Å². The van der Waals surface area contributed by atoms with Crippen molar-refractivity contribution in [3.05, 3.63) is 28.7 Å². The van der Waals surface area contributed by atoms with Crippen molar-refractivity contribution < 1.29 is 9.53 Å². The van der Waals surface area contributed by atoms with Gasteiger partial charge in [0.15, 0.2) is 6.61 Å². The molecule has 1 aromatic rings. The summed E-state index contributed by atoms with van der Waals surface area (Å²) in [7, 11) is 0. The third-order valence-electron chi connectivity index (χ3n) is 3.51. The number of halogens is 1. The molecule has 2 unspecified atom stereocenters. The predicted octanol–water partition coefficient (Wildman–Crippen LogP) is 2.04. The van der Waals surface area contributed by atoms with Crippen molar-refractivity contribution in [1.82, 2.24) is 10.2 Å². The molecule has 0 radical (unpaired) electrons. The molecule has 1 aliphatic rings. The van der Waals surface area contributed by atoms with E-state index in [0.717, 1.165) is 17.6 Å². The highest BCUT2D eigenvalue weighted by Gasteiger charge is 2.28. The lowest BCUT2D eigenvalue weighted by atomic mass is 10.1. The number of benzene rings is 1. The van der Waals surface area contributed by atoms with Gasteiger partial charge in [-0.2, -0.15) is 0 Å². The fourth-order valence-electron chi connectivity index (χ4n) is 2.19. The monoisotopic (exact) mass is 326 g/mol. The Kier molecular flexibility index (Phi) is 4.82. The van der Waals surface area contributed by atoms with Crippen molar-refractivity contribution in [2.45, 2.75) is 25.9 Å². The number of piperazine rings is 1. The molecule has 5 heteroatoms. The SMILES string of the molecule is CC1NCCN(C(=O)COc2cccc(Br)c2)C1C. The normalized spacial score (nSPS) is 23.2. The van der Waals surface area contributed by atoms with E-state index < -0.39 is 0 Å². The van der Waals surface area contributed by atoms with Crippen LogP contribution in [0.4, 0.5) is 0 Å². The number of hydrogen-bond donors (Lipinski definition) is 1. The molecular weight excluding hydrogens is 308 g/mol. The zero-order valence-electron chi connectivity index (χ0n) is 11.2. The van der Waals surface area contributed by atoms with Crippen LogP contribution in [0.1, 0.15) is 13.8 Å². The van der Waals surface area contributed by atoms with Crippen LogP contribution < -0.4 is 10.1 Å². The van der Waals surface area contributed by atoms with E-state index in [2.05, 4.69) is 35.1 Å². The molecule has 2 atom stereocenters. The molecule has 0 bridgehead atoms. The maximum Gasteiger partial charge on any atom is 0.260 e. The van der Waals surface area contributed by atoms with Gasteiger partial charge in [-0.3, -0.25) is 4.79 Å². The van der Waals surface area contributed by atoms with Gasteiger partial charge in [0, 0.05) is 29.6 Å². The van der Waals surface area contributed by atoms with E-state index >= 15 is 0 Å². The number of ether oxygens (including phenoxy) is 1. The average molecular weight is 327 g/mol. The topological polar surface area (TPSA) is 41.6 Å². The molecule has 1 aromatic carbocycles. The van der Waals surface area contributed by atoms with Gasteiger partial charge in [0.2, 0.25) is 0 Å². The Morgan fingerprint density at radius 1 is 1.53 bits per heavy atom. The highest BCUT2D eigenvalue weighted by molar-refractivity contribution is 9.10. The highest BCUT2D eigenvalue weighted by Crippen LogP contribution is 2.18. The molecule has 0 spiro atoms. The summed E-state index contributed by atoms with van der Waals surface area (Å²) < 4.78 is 6.49. The fourth-order valence-corrected chi connectivity index (χ4v) is 2.57. The first-order chi connectivity index (χ1) is 9.08. The van der Waals surface area contributed by atoms with E-state index in [1.165, 1.54) is 0 Å². The number of carbonyl (C=O) groups is 1. The van der Waals surface area contributed by atoms with Crippen LogP contribution in [0.5, 0.6) is 5.75 Å². The van der Waals surface area contributed by atoms with Crippen LogP contribution in [0.2, 0.25) is 0 Å². The lowest BCUT2D eigenvalue weighted by Crippen LogP contribution is -2.58. The van der Waals surface area contributed by atoms with Crippen LogP contribution in [-0.2, 0) is 4.79 Å². The predicted molar refractivity (Wildman–Crippen MR) is 78.3 cm³/mol. The molecule has 4 nitrogen and oxygen atoms in total. The second kappa shape index (κ2) is 6.39. The van der Waals surface area contributed by atoms with Gasteiger partial charge in [0.25, 0.3) is 5.91 Å². The lowest BCUT2D eigenvalue weighted by molar-refractivity contribution is -0.137. The van der Waals surface area contributed by atoms with Crippen LogP contribution in [0.3, 0.4) is 0 Å². The number of hydrogen-bond acceptors (Lipinski definition) is 3. The van der Waals surface area contributed by atoms with Gasteiger partial charge >= 0.3 is 0 Å². The van der Waals surface area contributed by atoms with Crippen LogP contribution in [0.15, 0.2) is 28.7 Å². The molecule has 0 aromatic heterocycles. The zero-order chi connectivity index (χ0) is 13.8. The third kappa shape index (κ3) is 3.70. The molecule has 1 aliphatic heterocycles. The third-order valence-corrected chi connectivity index (χ3v) is 4.01. The van der Waals surface area contributed by atoms with E-state index in [1.54, 1.807) is 0 Å². The molecule has 19 heavy (non-hydrogen) atoms. The minimum Gasteiger partial charge on any atom is -0.484 e. The van der Waals surface area contributed by atoms with Gasteiger partial charge in [-0.1, -0.05) is 22.0 Å².